The first-order valence-electron chi connectivity index (χ1n) is 5.55. The lowest BCUT2D eigenvalue weighted by Crippen LogP contribution is -2.24. The third kappa shape index (κ3) is 3.53. The summed E-state index contributed by atoms with van der Waals surface area (Å²) in [5, 5.41) is 0. The lowest BCUT2D eigenvalue weighted by atomic mass is 9.78. The number of aryl methyl sites for hydroxylation is 1. The van der Waals surface area contributed by atoms with Crippen molar-refractivity contribution in [1.29, 1.82) is 0 Å². The van der Waals surface area contributed by atoms with Gasteiger partial charge in [-0.15, -0.1) is 11.6 Å². The second-order valence-corrected chi connectivity index (χ2v) is 5.66. The molecule has 0 N–H and O–H groups in total. The summed E-state index contributed by atoms with van der Waals surface area (Å²) in [7, 11) is 0. The van der Waals surface area contributed by atoms with Crippen molar-refractivity contribution in [2.75, 3.05) is 5.88 Å². The van der Waals surface area contributed by atoms with Gasteiger partial charge in [-0.1, -0.05) is 45.0 Å². The van der Waals surface area contributed by atoms with E-state index < -0.39 is 0 Å². The van der Waals surface area contributed by atoms with Crippen LogP contribution < -0.4 is 0 Å². The molecule has 0 aromatic heterocycles. The van der Waals surface area contributed by atoms with Crippen LogP contribution in [0.4, 0.5) is 0 Å². The largest absolute Gasteiger partial charge is 0.126 e. The van der Waals surface area contributed by atoms with Gasteiger partial charge in [-0.25, -0.2) is 0 Å². The van der Waals surface area contributed by atoms with E-state index in [-0.39, 0.29) is 5.41 Å². The van der Waals surface area contributed by atoms with Crippen molar-refractivity contribution < 1.29 is 0 Å². The maximum absolute atomic E-state index is 6.05. The lowest BCUT2D eigenvalue weighted by molar-refractivity contribution is 0.263. The fourth-order valence-electron chi connectivity index (χ4n) is 1.70. The average Bonchev–Trinajstić information content (AvgIpc) is 2.14. The molecule has 1 heteroatoms. The van der Waals surface area contributed by atoms with Crippen molar-refractivity contribution in [3.8, 4) is 0 Å². The first-order chi connectivity index (χ1) is 6.95. The topological polar surface area (TPSA) is 0 Å². The van der Waals surface area contributed by atoms with Crippen LogP contribution in [-0.4, -0.2) is 5.88 Å². The highest BCUT2D eigenvalue weighted by Crippen LogP contribution is 2.30. The Labute approximate surface area is 98.7 Å². The number of hydrogen-bond donors (Lipinski definition) is 0. The highest BCUT2D eigenvalue weighted by molar-refractivity contribution is 6.18. The number of rotatable bonds is 3. The molecule has 0 aliphatic rings. The quantitative estimate of drug-likeness (QED) is 0.666. The molecule has 0 amide bonds. The zero-order valence-corrected chi connectivity index (χ0v) is 10.9. The minimum atomic E-state index is 0.282. The summed E-state index contributed by atoms with van der Waals surface area (Å²) >= 11 is 6.05. The average molecular weight is 225 g/mol. The molecular weight excluding hydrogens is 204 g/mol. The van der Waals surface area contributed by atoms with E-state index in [2.05, 4.69) is 52.0 Å². The van der Waals surface area contributed by atoms with Crippen LogP contribution in [0, 0.1) is 18.3 Å². The number of benzene rings is 1. The predicted molar refractivity (Wildman–Crippen MR) is 68.5 cm³/mol. The number of halogens is 1. The molecule has 1 aromatic carbocycles. The molecule has 0 nitrogen and oxygen atoms in total. The molecule has 0 radical (unpaired) electrons. The number of hydrogen-bond acceptors (Lipinski definition) is 0. The maximum atomic E-state index is 6.05. The van der Waals surface area contributed by atoms with E-state index in [9.17, 15) is 0 Å². The molecule has 0 saturated carbocycles. The molecule has 15 heavy (non-hydrogen) atoms. The van der Waals surface area contributed by atoms with Crippen LogP contribution in [0.5, 0.6) is 0 Å². The standard InChI is InChI=1S/C14H21Cl/c1-11-7-5-6-8-12(11)9-13(10-15)14(2,3)4/h5-8,13H,9-10H2,1-4H3. The van der Waals surface area contributed by atoms with Gasteiger partial charge in [0.05, 0.1) is 0 Å². The fraction of sp³-hybridized carbons (Fsp3) is 0.571. The normalized spacial score (nSPS) is 13.9. The summed E-state index contributed by atoms with van der Waals surface area (Å²) in [5.41, 5.74) is 3.08. The Morgan fingerprint density at radius 1 is 1.20 bits per heavy atom. The van der Waals surface area contributed by atoms with Crippen molar-refractivity contribution in [3.63, 3.8) is 0 Å². The van der Waals surface area contributed by atoms with E-state index in [1.54, 1.807) is 0 Å². The molecule has 1 aromatic rings. The molecule has 0 heterocycles. The smallest absolute Gasteiger partial charge is 0.0259 e. The first-order valence-corrected chi connectivity index (χ1v) is 6.09. The van der Waals surface area contributed by atoms with E-state index in [0.29, 0.717) is 5.92 Å². The van der Waals surface area contributed by atoms with Crippen LogP contribution in [0.2, 0.25) is 0 Å². The van der Waals surface area contributed by atoms with Crippen molar-refractivity contribution in [2.45, 2.75) is 34.1 Å². The van der Waals surface area contributed by atoms with E-state index in [4.69, 9.17) is 11.6 Å². The van der Waals surface area contributed by atoms with Crippen LogP contribution in [0.15, 0.2) is 24.3 Å². The fourth-order valence-corrected chi connectivity index (χ4v) is 2.27. The van der Waals surface area contributed by atoms with Gasteiger partial charge in [-0.3, -0.25) is 0 Å². The van der Waals surface area contributed by atoms with Gasteiger partial charge in [0, 0.05) is 5.88 Å². The van der Waals surface area contributed by atoms with Gasteiger partial charge in [0.2, 0.25) is 0 Å². The van der Waals surface area contributed by atoms with Gasteiger partial charge >= 0.3 is 0 Å². The Bertz CT molecular complexity index is 309. The molecule has 0 spiro atoms. The summed E-state index contributed by atoms with van der Waals surface area (Å²) in [6, 6.07) is 8.58. The molecule has 84 valence electrons. The molecule has 1 unspecified atom stereocenters. The second-order valence-electron chi connectivity index (χ2n) is 5.35. The van der Waals surface area contributed by atoms with Crippen LogP contribution in [0.3, 0.4) is 0 Å². The van der Waals surface area contributed by atoms with Gasteiger partial charge in [0.15, 0.2) is 0 Å². The first kappa shape index (κ1) is 12.6. The molecule has 0 saturated heterocycles. The van der Waals surface area contributed by atoms with E-state index in [1.807, 2.05) is 0 Å². The highest BCUT2D eigenvalue weighted by atomic mass is 35.5. The summed E-state index contributed by atoms with van der Waals surface area (Å²) in [6.45, 7) is 8.96. The minimum Gasteiger partial charge on any atom is -0.126 e. The number of alkyl halides is 1. The van der Waals surface area contributed by atoms with Crippen LogP contribution in [0.1, 0.15) is 31.9 Å². The summed E-state index contributed by atoms with van der Waals surface area (Å²) < 4.78 is 0. The molecule has 0 bridgehead atoms. The predicted octanol–water partition coefficient (Wildman–Crippen LogP) is 4.44. The molecule has 0 aliphatic carbocycles. The summed E-state index contributed by atoms with van der Waals surface area (Å²) in [6.07, 6.45) is 1.08. The Kier molecular flexibility index (Phi) is 4.21. The molecule has 1 atom stereocenters. The summed E-state index contributed by atoms with van der Waals surface area (Å²) in [4.78, 5) is 0. The Morgan fingerprint density at radius 3 is 2.27 bits per heavy atom. The molecule has 0 aliphatic heterocycles. The van der Waals surface area contributed by atoms with E-state index in [1.165, 1.54) is 11.1 Å². The van der Waals surface area contributed by atoms with Gasteiger partial charge in [0.25, 0.3) is 0 Å². The monoisotopic (exact) mass is 224 g/mol. The van der Waals surface area contributed by atoms with Crippen molar-refractivity contribution in [2.24, 2.45) is 11.3 Å². The molecule has 0 fully saturated rings. The molecule has 1 rings (SSSR count). The SMILES string of the molecule is Cc1ccccc1CC(CCl)C(C)(C)C. The zero-order chi connectivity index (χ0) is 11.5. The zero-order valence-electron chi connectivity index (χ0n) is 10.2. The lowest BCUT2D eigenvalue weighted by Gasteiger charge is -2.29. The van der Waals surface area contributed by atoms with Gasteiger partial charge in [0.1, 0.15) is 0 Å². The van der Waals surface area contributed by atoms with E-state index >= 15 is 0 Å². The van der Waals surface area contributed by atoms with Crippen LogP contribution >= 0.6 is 11.6 Å². The Hall–Kier alpha value is -0.490. The van der Waals surface area contributed by atoms with E-state index in [0.717, 1.165) is 12.3 Å². The Balaban J connectivity index is 2.80. The molecular formula is C14H21Cl. The van der Waals surface area contributed by atoms with Crippen LogP contribution in [0.25, 0.3) is 0 Å². The third-order valence-corrected chi connectivity index (χ3v) is 3.51. The van der Waals surface area contributed by atoms with Gasteiger partial charge in [-0.2, -0.15) is 0 Å². The summed E-state index contributed by atoms with van der Waals surface area (Å²) in [5.74, 6) is 1.28. The van der Waals surface area contributed by atoms with Crippen LogP contribution in [-0.2, 0) is 6.42 Å². The highest BCUT2D eigenvalue weighted by Gasteiger charge is 2.24. The van der Waals surface area contributed by atoms with Gasteiger partial charge in [-0.05, 0) is 35.8 Å². The minimum absolute atomic E-state index is 0.282. The third-order valence-electron chi connectivity index (χ3n) is 3.14. The van der Waals surface area contributed by atoms with Gasteiger partial charge < -0.3 is 0 Å². The van der Waals surface area contributed by atoms with Crippen molar-refractivity contribution in [3.05, 3.63) is 35.4 Å². The van der Waals surface area contributed by atoms with Crippen molar-refractivity contribution in [1.82, 2.24) is 0 Å². The maximum Gasteiger partial charge on any atom is 0.0259 e. The Morgan fingerprint density at radius 2 is 1.80 bits per heavy atom. The second kappa shape index (κ2) is 5.03. The van der Waals surface area contributed by atoms with Crippen molar-refractivity contribution >= 4 is 11.6 Å².